The van der Waals surface area contributed by atoms with Gasteiger partial charge in [-0.1, -0.05) is 26.8 Å². The zero-order valence-electron chi connectivity index (χ0n) is 18.7. The Labute approximate surface area is 192 Å². The van der Waals surface area contributed by atoms with Crippen LogP contribution in [0.4, 0.5) is 10.7 Å². The number of nitrogens with zero attached hydrogens (tertiary/aromatic N) is 1. The molecular formula is C24H29N3O2S2. The highest BCUT2D eigenvalue weighted by Gasteiger charge is 2.32. The predicted molar refractivity (Wildman–Crippen MR) is 129 cm³/mol. The monoisotopic (exact) mass is 455 g/mol. The van der Waals surface area contributed by atoms with Gasteiger partial charge < -0.3 is 10.6 Å². The number of anilines is 2. The van der Waals surface area contributed by atoms with Gasteiger partial charge in [0.15, 0.2) is 0 Å². The molecule has 0 fully saturated rings. The summed E-state index contributed by atoms with van der Waals surface area (Å²) in [6.45, 7) is 10.1. The molecule has 0 bridgehead atoms. The summed E-state index contributed by atoms with van der Waals surface area (Å²) in [6, 6.07) is 9.76. The highest BCUT2D eigenvalue weighted by Crippen LogP contribution is 2.44. The van der Waals surface area contributed by atoms with Crippen LogP contribution in [0.25, 0.3) is 0 Å². The third-order valence-electron chi connectivity index (χ3n) is 5.68. The standard InChI is InChI=1S/C24H29N3O2S2/c1-14(30-18-8-6-7-17(12-18)26-15(2)28)22(29)27-23-20(13-25)19-10-9-16(24(3,4)5)11-21(19)31-23/h6-8,12,14,16H,9-11H2,1-5H3,(H,26,28)(H,27,29). The minimum absolute atomic E-state index is 0.127. The molecule has 3 rings (SSSR count). The molecule has 0 saturated carbocycles. The number of carbonyl (C=O) groups is 2. The maximum atomic E-state index is 12.9. The lowest BCUT2D eigenvalue weighted by Gasteiger charge is -2.33. The fourth-order valence-electron chi connectivity index (χ4n) is 3.85. The van der Waals surface area contributed by atoms with Gasteiger partial charge in [-0.25, -0.2) is 0 Å². The Morgan fingerprint density at radius 3 is 2.68 bits per heavy atom. The number of nitriles is 1. The van der Waals surface area contributed by atoms with Crippen molar-refractivity contribution < 1.29 is 9.59 Å². The average molecular weight is 456 g/mol. The lowest BCUT2D eigenvalue weighted by atomic mass is 9.72. The second-order valence-corrected chi connectivity index (χ2v) is 11.6. The molecule has 0 radical (unpaired) electrons. The molecule has 1 aliphatic rings. The van der Waals surface area contributed by atoms with Crippen molar-refractivity contribution in [3.05, 3.63) is 40.3 Å². The second kappa shape index (κ2) is 9.46. The van der Waals surface area contributed by atoms with Gasteiger partial charge in [0.05, 0.1) is 10.8 Å². The van der Waals surface area contributed by atoms with E-state index in [2.05, 4.69) is 37.5 Å². The topological polar surface area (TPSA) is 82.0 Å². The van der Waals surface area contributed by atoms with E-state index in [9.17, 15) is 14.9 Å². The first-order valence-corrected chi connectivity index (χ1v) is 12.2. The van der Waals surface area contributed by atoms with Crippen LogP contribution in [0.2, 0.25) is 0 Å². The number of rotatable bonds is 5. The van der Waals surface area contributed by atoms with Crippen molar-refractivity contribution in [1.82, 2.24) is 0 Å². The van der Waals surface area contributed by atoms with E-state index >= 15 is 0 Å². The molecule has 0 aliphatic heterocycles. The minimum Gasteiger partial charge on any atom is -0.326 e. The van der Waals surface area contributed by atoms with Gasteiger partial charge in [-0.05, 0) is 61.3 Å². The third-order valence-corrected chi connectivity index (χ3v) is 7.94. The van der Waals surface area contributed by atoms with Crippen LogP contribution >= 0.6 is 23.1 Å². The largest absolute Gasteiger partial charge is 0.326 e. The summed E-state index contributed by atoms with van der Waals surface area (Å²) in [4.78, 5) is 26.3. The molecule has 5 nitrogen and oxygen atoms in total. The molecule has 31 heavy (non-hydrogen) atoms. The number of thioether (sulfide) groups is 1. The maximum Gasteiger partial charge on any atom is 0.238 e. The van der Waals surface area contributed by atoms with Gasteiger partial charge in [0.25, 0.3) is 0 Å². The third kappa shape index (κ3) is 5.69. The average Bonchev–Trinajstić information content (AvgIpc) is 3.03. The maximum absolute atomic E-state index is 12.9. The number of carbonyl (C=O) groups excluding carboxylic acids is 2. The lowest BCUT2D eigenvalue weighted by Crippen LogP contribution is -2.26. The molecule has 7 heteroatoms. The van der Waals surface area contributed by atoms with E-state index in [4.69, 9.17) is 0 Å². The summed E-state index contributed by atoms with van der Waals surface area (Å²) in [6.07, 6.45) is 2.94. The highest BCUT2D eigenvalue weighted by atomic mass is 32.2. The van der Waals surface area contributed by atoms with Crippen LogP contribution in [-0.2, 0) is 22.4 Å². The zero-order chi connectivity index (χ0) is 22.8. The summed E-state index contributed by atoms with van der Waals surface area (Å²) in [5.41, 5.74) is 2.68. The van der Waals surface area contributed by atoms with Crippen molar-refractivity contribution in [2.45, 2.75) is 64.0 Å². The van der Waals surface area contributed by atoms with Crippen molar-refractivity contribution >= 4 is 45.6 Å². The van der Waals surface area contributed by atoms with Gasteiger partial charge in [0.1, 0.15) is 11.1 Å². The number of nitrogens with one attached hydrogen (secondary N) is 2. The molecule has 2 aromatic rings. The van der Waals surface area contributed by atoms with E-state index in [0.717, 1.165) is 29.7 Å². The lowest BCUT2D eigenvalue weighted by molar-refractivity contribution is -0.115. The van der Waals surface area contributed by atoms with Crippen molar-refractivity contribution in [3.8, 4) is 6.07 Å². The van der Waals surface area contributed by atoms with E-state index in [1.54, 1.807) is 11.3 Å². The SMILES string of the molecule is CC(=O)Nc1cccc(SC(C)C(=O)Nc2sc3c(c2C#N)CCC(C(C)(C)C)C3)c1. The Morgan fingerprint density at radius 1 is 1.29 bits per heavy atom. The van der Waals surface area contributed by atoms with Gasteiger partial charge in [-0.2, -0.15) is 5.26 Å². The van der Waals surface area contributed by atoms with Gasteiger partial charge in [0.2, 0.25) is 11.8 Å². The van der Waals surface area contributed by atoms with Crippen molar-refractivity contribution in [2.24, 2.45) is 11.3 Å². The number of hydrogen-bond donors (Lipinski definition) is 2. The molecule has 1 aromatic heterocycles. The molecule has 2 N–H and O–H groups in total. The number of thiophene rings is 1. The van der Waals surface area contributed by atoms with Crippen molar-refractivity contribution in [2.75, 3.05) is 10.6 Å². The predicted octanol–water partition coefficient (Wildman–Crippen LogP) is 5.85. The summed E-state index contributed by atoms with van der Waals surface area (Å²) in [7, 11) is 0. The summed E-state index contributed by atoms with van der Waals surface area (Å²) in [5.74, 6) is 0.323. The van der Waals surface area contributed by atoms with Crippen LogP contribution in [-0.4, -0.2) is 17.1 Å². The number of amides is 2. The minimum atomic E-state index is -0.347. The van der Waals surface area contributed by atoms with Crippen molar-refractivity contribution in [3.63, 3.8) is 0 Å². The first kappa shape index (κ1) is 23.4. The highest BCUT2D eigenvalue weighted by molar-refractivity contribution is 8.00. The molecule has 0 saturated heterocycles. The normalized spacial score (nSPS) is 16.7. The van der Waals surface area contributed by atoms with Crippen LogP contribution in [0.1, 0.15) is 57.0 Å². The number of fused-ring (bicyclic) bond motifs is 1. The van der Waals surface area contributed by atoms with E-state index in [1.165, 1.54) is 23.6 Å². The van der Waals surface area contributed by atoms with E-state index in [-0.39, 0.29) is 22.5 Å². The number of hydrogen-bond acceptors (Lipinski definition) is 5. The Kier molecular flexibility index (Phi) is 7.13. The van der Waals surface area contributed by atoms with E-state index in [0.29, 0.717) is 22.2 Å². The molecule has 164 valence electrons. The van der Waals surface area contributed by atoms with Crippen LogP contribution in [0, 0.1) is 22.7 Å². The van der Waals surface area contributed by atoms with Gasteiger partial charge >= 0.3 is 0 Å². The first-order chi connectivity index (χ1) is 14.6. The quantitative estimate of drug-likeness (QED) is 0.554. The molecular weight excluding hydrogens is 426 g/mol. The second-order valence-electron chi connectivity index (χ2n) is 9.08. The molecule has 1 aliphatic carbocycles. The zero-order valence-corrected chi connectivity index (χ0v) is 20.3. The first-order valence-electron chi connectivity index (χ1n) is 10.5. The van der Waals surface area contributed by atoms with Crippen LogP contribution in [0.5, 0.6) is 0 Å². The Morgan fingerprint density at radius 2 is 2.03 bits per heavy atom. The van der Waals surface area contributed by atoms with Crippen LogP contribution in [0.3, 0.4) is 0 Å². The molecule has 2 unspecified atom stereocenters. The smallest absolute Gasteiger partial charge is 0.238 e. The molecule has 1 aromatic carbocycles. The fraction of sp³-hybridized carbons (Fsp3) is 0.458. The molecule has 2 amide bonds. The Bertz CT molecular complexity index is 1030. The van der Waals surface area contributed by atoms with Crippen LogP contribution < -0.4 is 10.6 Å². The number of benzene rings is 1. The van der Waals surface area contributed by atoms with Crippen molar-refractivity contribution in [1.29, 1.82) is 5.26 Å². The molecule has 1 heterocycles. The molecule has 0 spiro atoms. The summed E-state index contributed by atoms with van der Waals surface area (Å²) in [5, 5.41) is 15.8. The summed E-state index contributed by atoms with van der Waals surface area (Å²) < 4.78 is 0. The van der Waals surface area contributed by atoms with Gasteiger partial charge in [-0.15, -0.1) is 23.1 Å². The Hall–Kier alpha value is -2.30. The van der Waals surface area contributed by atoms with Crippen LogP contribution in [0.15, 0.2) is 29.2 Å². The van der Waals surface area contributed by atoms with E-state index in [1.807, 2.05) is 31.2 Å². The molecule has 2 atom stereocenters. The van der Waals surface area contributed by atoms with Gasteiger partial charge in [0, 0.05) is 22.4 Å². The Balaban J connectivity index is 1.71. The summed E-state index contributed by atoms with van der Waals surface area (Å²) >= 11 is 2.98. The fourth-order valence-corrected chi connectivity index (χ4v) is 6.06. The van der Waals surface area contributed by atoms with E-state index < -0.39 is 0 Å². The van der Waals surface area contributed by atoms with Gasteiger partial charge in [-0.3, -0.25) is 9.59 Å².